The van der Waals surface area contributed by atoms with Gasteiger partial charge in [-0.2, -0.15) is 0 Å². The first kappa shape index (κ1) is 16.5. The van der Waals surface area contributed by atoms with Gasteiger partial charge in [-0.15, -0.1) is 11.3 Å². The number of hydrogen-bond donors (Lipinski definition) is 1. The van der Waals surface area contributed by atoms with E-state index in [1.807, 2.05) is 30.3 Å². The molecule has 0 aliphatic heterocycles. The molecule has 0 aliphatic rings. The molecule has 3 rings (SSSR count). The van der Waals surface area contributed by atoms with Crippen molar-refractivity contribution >= 4 is 22.1 Å². The minimum absolute atomic E-state index is 0.645. The summed E-state index contributed by atoms with van der Waals surface area (Å²) in [6, 6.07) is 18.6. The van der Waals surface area contributed by atoms with Gasteiger partial charge in [0.25, 0.3) is 0 Å². The second-order valence-corrected chi connectivity index (χ2v) is 5.83. The van der Waals surface area contributed by atoms with Gasteiger partial charge in [-0.1, -0.05) is 56.3 Å². The summed E-state index contributed by atoms with van der Waals surface area (Å²) >= 11 is 1.72. The van der Waals surface area contributed by atoms with Gasteiger partial charge in [0.1, 0.15) is 12.4 Å². The Kier molecular flexibility index (Phi) is 6.94. The average molecular weight is 313 g/mol. The van der Waals surface area contributed by atoms with Crippen LogP contribution in [0, 0.1) is 0 Å². The molecule has 0 unspecified atom stereocenters. The molecule has 1 heterocycles. The number of fused-ring (bicyclic) bond motifs is 1. The highest BCUT2D eigenvalue weighted by molar-refractivity contribution is 7.09. The normalized spacial score (nSPS) is 10.1. The third kappa shape index (κ3) is 4.86. The molecule has 0 saturated heterocycles. The standard InChI is InChI=1S/C15H12OS.C4H11N/c1-2-8-14-12(5-1)6-3-9-15(14)16-11-13-7-4-10-17-13;1-3-5-4-2/h1-10H,11H2;5H,3-4H2,1-2H3. The molecule has 3 aromatic rings. The average Bonchev–Trinajstić information content (AvgIpc) is 3.08. The molecule has 2 aromatic carbocycles. The maximum atomic E-state index is 5.87. The lowest BCUT2D eigenvalue weighted by atomic mass is 10.1. The van der Waals surface area contributed by atoms with E-state index in [0.717, 1.165) is 18.8 Å². The summed E-state index contributed by atoms with van der Waals surface area (Å²) in [5, 5.41) is 7.57. The fourth-order valence-electron chi connectivity index (χ4n) is 2.12. The van der Waals surface area contributed by atoms with Crippen LogP contribution >= 0.6 is 11.3 Å². The minimum atomic E-state index is 0.645. The number of ether oxygens (including phenoxy) is 1. The molecule has 0 aliphatic carbocycles. The topological polar surface area (TPSA) is 21.3 Å². The molecule has 0 radical (unpaired) electrons. The van der Waals surface area contributed by atoms with Gasteiger partial charge in [0.2, 0.25) is 0 Å². The van der Waals surface area contributed by atoms with Crippen molar-refractivity contribution in [3.05, 3.63) is 64.9 Å². The van der Waals surface area contributed by atoms with Gasteiger partial charge in [-0.3, -0.25) is 0 Å². The number of benzene rings is 2. The van der Waals surface area contributed by atoms with Gasteiger partial charge in [0, 0.05) is 10.3 Å². The fraction of sp³-hybridized carbons (Fsp3) is 0.263. The lowest BCUT2D eigenvalue weighted by Crippen LogP contribution is -2.09. The van der Waals surface area contributed by atoms with E-state index in [1.54, 1.807) is 11.3 Å². The first-order chi connectivity index (χ1) is 10.8. The van der Waals surface area contributed by atoms with Gasteiger partial charge < -0.3 is 10.1 Å². The predicted octanol–water partition coefficient (Wildman–Crippen LogP) is 5.10. The second kappa shape index (κ2) is 9.23. The molecule has 0 bridgehead atoms. The van der Waals surface area contributed by atoms with Crippen molar-refractivity contribution in [2.75, 3.05) is 13.1 Å². The van der Waals surface area contributed by atoms with Crippen LogP contribution in [0.5, 0.6) is 5.75 Å². The van der Waals surface area contributed by atoms with Gasteiger partial charge in [0.15, 0.2) is 0 Å². The minimum Gasteiger partial charge on any atom is -0.487 e. The van der Waals surface area contributed by atoms with Crippen LogP contribution in [0.3, 0.4) is 0 Å². The van der Waals surface area contributed by atoms with Crippen LogP contribution in [-0.2, 0) is 6.61 Å². The van der Waals surface area contributed by atoms with Gasteiger partial charge >= 0.3 is 0 Å². The Morgan fingerprint density at radius 2 is 1.68 bits per heavy atom. The zero-order chi connectivity index (χ0) is 15.6. The van der Waals surface area contributed by atoms with Crippen molar-refractivity contribution < 1.29 is 4.74 Å². The Balaban J connectivity index is 0.000000309. The molecule has 0 saturated carbocycles. The summed E-state index contributed by atoms with van der Waals surface area (Å²) in [7, 11) is 0. The molecule has 0 amide bonds. The molecule has 0 fully saturated rings. The first-order valence-corrected chi connectivity index (χ1v) is 8.56. The molecule has 3 heteroatoms. The van der Waals surface area contributed by atoms with Crippen molar-refractivity contribution in [2.24, 2.45) is 0 Å². The zero-order valence-electron chi connectivity index (χ0n) is 13.2. The van der Waals surface area contributed by atoms with Crippen LogP contribution < -0.4 is 10.1 Å². The van der Waals surface area contributed by atoms with Crippen LogP contribution in [0.4, 0.5) is 0 Å². The lowest BCUT2D eigenvalue weighted by molar-refractivity contribution is 0.313. The molecule has 1 N–H and O–H groups in total. The van der Waals surface area contributed by atoms with E-state index < -0.39 is 0 Å². The lowest BCUT2D eigenvalue weighted by Gasteiger charge is -2.08. The van der Waals surface area contributed by atoms with E-state index >= 15 is 0 Å². The third-order valence-electron chi connectivity index (χ3n) is 3.20. The molecule has 1 aromatic heterocycles. The van der Waals surface area contributed by atoms with Crippen molar-refractivity contribution in [3.63, 3.8) is 0 Å². The first-order valence-electron chi connectivity index (χ1n) is 7.68. The monoisotopic (exact) mass is 313 g/mol. The maximum absolute atomic E-state index is 5.87. The Morgan fingerprint density at radius 3 is 2.36 bits per heavy atom. The van der Waals surface area contributed by atoms with E-state index in [9.17, 15) is 0 Å². The van der Waals surface area contributed by atoms with Crippen LogP contribution in [0.1, 0.15) is 18.7 Å². The van der Waals surface area contributed by atoms with Crippen LogP contribution in [-0.4, -0.2) is 13.1 Å². The van der Waals surface area contributed by atoms with Crippen molar-refractivity contribution in [1.82, 2.24) is 5.32 Å². The summed E-state index contributed by atoms with van der Waals surface area (Å²) in [5.41, 5.74) is 0. The Labute approximate surface area is 136 Å². The maximum Gasteiger partial charge on any atom is 0.127 e. The van der Waals surface area contributed by atoms with E-state index in [-0.39, 0.29) is 0 Å². The summed E-state index contributed by atoms with van der Waals surface area (Å²) in [6.45, 7) is 7.03. The Hall–Kier alpha value is -1.84. The van der Waals surface area contributed by atoms with E-state index in [1.165, 1.54) is 15.6 Å². The molecular weight excluding hydrogens is 290 g/mol. The number of nitrogens with one attached hydrogen (secondary N) is 1. The van der Waals surface area contributed by atoms with Crippen molar-refractivity contribution in [2.45, 2.75) is 20.5 Å². The highest BCUT2D eigenvalue weighted by Crippen LogP contribution is 2.26. The SMILES string of the molecule is CCNCC.c1csc(COc2cccc3ccccc23)c1. The summed E-state index contributed by atoms with van der Waals surface area (Å²) in [4.78, 5) is 1.25. The van der Waals surface area contributed by atoms with E-state index in [2.05, 4.69) is 48.8 Å². The summed E-state index contributed by atoms with van der Waals surface area (Å²) in [6.07, 6.45) is 0. The van der Waals surface area contributed by atoms with Gasteiger partial charge in [-0.25, -0.2) is 0 Å². The molecule has 116 valence electrons. The highest BCUT2D eigenvalue weighted by atomic mass is 32.1. The highest BCUT2D eigenvalue weighted by Gasteiger charge is 2.01. The third-order valence-corrected chi connectivity index (χ3v) is 4.05. The quantitative estimate of drug-likeness (QED) is 0.708. The summed E-state index contributed by atoms with van der Waals surface area (Å²) < 4.78 is 5.87. The Morgan fingerprint density at radius 1 is 0.909 bits per heavy atom. The zero-order valence-corrected chi connectivity index (χ0v) is 14.0. The molecule has 0 spiro atoms. The predicted molar refractivity (Wildman–Crippen MR) is 96.8 cm³/mol. The number of rotatable bonds is 5. The number of hydrogen-bond acceptors (Lipinski definition) is 3. The van der Waals surface area contributed by atoms with Gasteiger partial charge in [0.05, 0.1) is 0 Å². The second-order valence-electron chi connectivity index (χ2n) is 4.80. The summed E-state index contributed by atoms with van der Waals surface area (Å²) in [5.74, 6) is 0.955. The fourth-order valence-corrected chi connectivity index (χ4v) is 2.73. The molecule has 2 nitrogen and oxygen atoms in total. The smallest absolute Gasteiger partial charge is 0.127 e. The van der Waals surface area contributed by atoms with E-state index in [4.69, 9.17) is 4.74 Å². The van der Waals surface area contributed by atoms with Crippen LogP contribution in [0.2, 0.25) is 0 Å². The van der Waals surface area contributed by atoms with Crippen molar-refractivity contribution in [1.29, 1.82) is 0 Å². The molecular formula is C19H23NOS. The van der Waals surface area contributed by atoms with Crippen molar-refractivity contribution in [3.8, 4) is 5.75 Å². The van der Waals surface area contributed by atoms with Crippen LogP contribution in [0.15, 0.2) is 60.0 Å². The molecule has 22 heavy (non-hydrogen) atoms. The molecule has 0 atom stereocenters. The Bertz CT molecular complexity index is 657. The van der Waals surface area contributed by atoms with Crippen LogP contribution in [0.25, 0.3) is 10.8 Å². The van der Waals surface area contributed by atoms with E-state index in [0.29, 0.717) is 6.61 Å². The number of thiophene rings is 1. The largest absolute Gasteiger partial charge is 0.487 e. The van der Waals surface area contributed by atoms with Gasteiger partial charge in [-0.05, 0) is 36.0 Å².